The van der Waals surface area contributed by atoms with Crippen LogP contribution in [0.1, 0.15) is 21.7 Å². The van der Waals surface area contributed by atoms with Crippen LogP contribution in [0.25, 0.3) is 16.9 Å². The van der Waals surface area contributed by atoms with E-state index in [1.54, 1.807) is 19.1 Å². The molecule has 14 nitrogen and oxygen atoms in total. The molecule has 34 heavy (non-hydrogen) atoms. The zero-order valence-electron chi connectivity index (χ0n) is 17.4. The number of nitrogens with one attached hydrogen (secondary N) is 2. The van der Waals surface area contributed by atoms with E-state index in [2.05, 4.69) is 31.0 Å². The molecule has 0 radical (unpaired) electrons. The summed E-state index contributed by atoms with van der Waals surface area (Å²) in [6, 6.07) is 11.5. The minimum Gasteiger partial charge on any atom is -0.277 e. The first-order valence-electron chi connectivity index (χ1n) is 9.64. The van der Waals surface area contributed by atoms with Crippen molar-refractivity contribution in [3.63, 3.8) is 0 Å². The number of hydrogen-bond donors (Lipinski definition) is 2. The zero-order valence-corrected chi connectivity index (χ0v) is 17.4. The lowest BCUT2D eigenvalue weighted by Gasteiger charge is -2.03. The van der Waals surface area contributed by atoms with Gasteiger partial charge in [0.05, 0.1) is 39.3 Å². The number of carbonyl (C=O) groups is 1. The van der Waals surface area contributed by atoms with Crippen molar-refractivity contribution in [1.29, 1.82) is 0 Å². The maximum Gasteiger partial charge on any atom is 0.293 e. The van der Waals surface area contributed by atoms with Crippen LogP contribution in [0.15, 0.2) is 59.8 Å². The van der Waals surface area contributed by atoms with Gasteiger partial charge in [0.2, 0.25) is 0 Å². The molecule has 0 aliphatic carbocycles. The Bertz CT molecular complexity index is 1410. The largest absolute Gasteiger partial charge is 0.293 e. The van der Waals surface area contributed by atoms with Crippen LogP contribution in [-0.4, -0.2) is 47.2 Å². The molecule has 1 amide bonds. The number of carbonyl (C=O) groups excluding carboxylic acids is 1. The summed E-state index contributed by atoms with van der Waals surface area (Å²) in [5.41, 5.74) is 4.96. The van der Waals surface area contributed by atoms with Crippen molar-refractivity contribution in [1.82, 2.24) is 30.6 Å². The first-order chi connectivity index (χ1) is 16.3. The summed E-state index contributed by atoms with van der Waals surface area (Å²) >= 11 is 0. The summed E-state index contributed by atoms with van der Waals surface area (Å²) in [5, 5.41) is 40.1. The van der Waals surface area contributed by atoms with Crippen molar-refractivity contribution in [3.8, 4) is 16.9 Å². The number of rotatable bonds is 7. The molecular formula is C20H15N9O5. The fourth-order valence-electron chi connectivity index (χ4n) is 3.09. The third-order valence-corrected chi connectivity index (χ3v) is 4.82. The predicted octanol–water partition coefficient (Wildman–Crippen LogP) is 2.55. The second-order valence-electron chi connectivity index (χ2n) is 6.91. The van der Waals surface area contributed by atoms with E-state index in [1.165, 1.54) is 53.5 Å². The van der Waals surface area contributed by atoms with Gasteiger partial charge in [0.25, 0.3) is 17.3 Å². The lowest BCUT2D eigenvalue weighted by Crippen LogP contribution is -2.19. The fourth-order valence-corrected chi connectivity index (χ4v) is 3.09. The summed E-state index contributed by atoms with van der Waals surface area (Å²) in [7, 11) is 0. The fraction of sp³-hybridized carbons (Fsp3) is 0.0500. The summed E-state index contributed by atoms with van der Waals surface area (Å²) < 4.78 is 1.38. The SMILES string of the molecule is Cc1c(C(=O)N/N=C/c2cn[nH]c2-c2ccc([N+](=O)[O-])cc2)nnn1-c1ccc([N+](=O)[O-])cc1. The Morgan fingerprint density at radius 3 is 2.29 bits per heavy atom. The zero-order chi connectivity index (χ0) is 24.2. The highest BCUT2D eigenvalue weighted by Crippen LogP contribution is 2.23. The Hall–Kier alpha value is -5.27. The van der Waals surface area contributed by atoms with E-state index in [4.69, 9.17) is 0 Å². The Morgan fingerprint density at radius 2 is 1.68 bits per heavy atom. The molecule has 2 N–H and O–H groups in total. The second-order valence-corrected chi connectivity index (χ2v) is 6.91. The molecule has 0 unspecified atom stereocenters. The number of amides is 1. The quantitative estimate of drug-likeness (QED) is 0.238. The Morgan fingerprint density at radius 1 is 1.06 bits per heavy atom. The average molecular weight is 461 g/mol. The van der Waals surface area contributed by atoms with E-state index < -0.39 is 15.8 Å². The molecule has 0 saturated carbocycles. The number of nitro benzene ring substituents is 2. The molecule has 0 bridgehead atoms. The van der Waals surface area contributed by atoms with Gasteiger partial charge in [0, 0.05) is 35.4 Å². The molecule has 0 fully saturated rings. The minimum absolute atomic E-state index is 0.0262. The molecule has 0 aliphatic rings. The Labute approximate surface area is 190 Å². The van der Waals surface area contributed by atoms with E-state index in [9.17, 15) is 25.0 Å². The van der Waals surface area contributed by atoms with Crippen molar-refractivity contribution in [2.24, 2.45) is 5.10 Å². The summed E-state index contributed by atoms with van der Waals surface area (Å²) in [5.74, 6) is -0.609. The molecule has 2 heterocycles. The number of benzene rings is 2. The molecule has 2 aromatic carbocycles. The monoisotopic (exact) mass is 461 g/mol. The standard InChI is InChI=1S/C20H15N9O5/c1-12-18(24-26-27(12)15-6-8-17(9-7-15)29(33)34)20(30)25-22-11-14-10-21-23-19(14)13-2-4-16(5-3-13)28(31)32/h2-11H,1H3,(H,21,23)(H,25,30)/b22-11+. The van der Waals surface area contributed by atoms with Crippen LogP contribution in [0.3, 0.4) is 0 Å². The van der Waals surface area contributed by atoms with Crippen molar-refractivity contribution >= 4 is 23.5 Å². The van der Waals surface area contributed by atoms with Crippen LogP contribution < -0.4 is 5.43 Å². The van der Waals surface area contributed by atoms with Gasteiger partial charge in [-0.25, -0.2) is 10.1 Å². The van der Waals surface area contributed by atoms with Gasteiger partial charge in [-0.2, -0.15) is 10.2 Å². The van der Waals surface area contributed by atoms with Gasteiger partial charge in [-0.1, -0.05) is 5.21 Å². The maximum absolute atomic E-state index is 12.5. The number of nitrogens with zero attached hydrogens (tertiary/aromatic N) is 7. The highest BCUT2D eigenvalue weighted by molar-refractivity contribution is 5.95. The van der Waals surface area contributed by atoms with Gasteiger partial charge in [-0.3, -0.25) is 30.1 Å². The first kappa shape index (κ1) is 21.9. The van der Waals surface area contributed by atoms with Gasteiger partial charge in [-0.05, 0) is 31.2 Å². The summed E-state index contributed by atoms with van der Waals surface area (Å²) in [6.45, 7) is 1.63. The molecule has 170 valence electrons. The summed E-state index contributed by atoms with van der Waals surface area (Å²) in [4.78, 5) is 33.1. The molecular weight excluding hydrogens is 446 g/mol. The Kier molecular flexibility index (Phi) is 5.86. The number of hydrazone groups is 1. The van der Waals surface area contributed by atoms with Crippen LogP contribution in [0.5, 0.6) is 0 Å². The molecule has 0 atom stereocenters. The first-order valence-corrected chi connectivity index (χ1v) is 9.64. The lowest BCUT2D eigenvalue weighted by atomic mass is 10.1. The van der Waals surface area contributed by atoms with E-state index in [0.717, 1.165) is 0 Å². The number of aromatic amines is 1. The normalized spacial score (nSPS) is 11.0. The number of aromatic nitrogens is 5. The van der Waals surface area contributed by atoms with Gasteiger partial charge in [0.15, 0.2) is 5.69 Å². The average Bonchev–Trinajstić information content (AvgIpc) is 3.45. The van der Waals surface area contributed by atoms with Crippen LogP contribution >= 0.6 is 0 Å². The van der Waals surface area contributed by atoms with Gasteiger partial charge >= 0.3 is 0 Å². The van der Waals surface area contributed by atoms with E-state index in [1.807, 2.05) is 0 Å². The minimum atomic E-state index is -0.609. The lowest BCUT2D eigenvalue weighted by molar-refractivity contribution is -0.385. The molecule has 0 spiro atoms. The third kappa shape index (κ3) is 4.36. The number of nitro groups is 2. The molecule has 0 saturated heterocycles. The second kappa shape index (κ2) is 9.07. The van der Waals surface area contributed by atoms with Crippen LogP contribution in [0.2, 0.25) is 0 Å². The number of H-pyrrole nitrogens is 1. The third-order valence-electron chi connectivity index (χ3n) is 4.82. The molecule has 0 aliphatic heterocycles. The van der Waals surface area contributed by atoms with Gasteiger partial charge in [0.1, 0.15) is 0 Å². The van der Waals surface area contributed by atoms with Crippen LogP contribution in [0, 0.1) is 27.2 Å². The van der Waals surface area contributed by atoms with Crippen LogP contribution in [0.4, 0.5) is 11.4 Å². The van der Waals surface area contributed by atoms with Gasteiger partial charge in [-0.15, -0.1) is 5.10 Å². The predicted molar refractivity (Wildman–Crippen MR) is 118 cm³/mol. The number of non-ortho nitro benzene ring substituents is 2. The smallest absolute Gasteiger partial charge is 0.277 e. The summed E-state index contributed by atoms with van der Waals surface area (Å²) in [6.07, 6.45) is 2.86. The molecule has 4 aromatic rings. The van der Waals surface area contributed by atoms with E-state index in [0.29, 0.717) is 28.2 Å². The van der Waals surface area contributed by atoms with Crippen molar-refractivity contribution in [2.75, 3.05) is 0 Å². The highest BCUT2D eigenvalue weighted by atomic mass is 16.6. The Balaban J connectivity index is 1.47. The topological polar surface area (TPSA) is 187 Å². The van der Waals surface area contributed by atoms with E-state index in [-0.39, 0.29) is 17.1 Å². The van der Waals surface area contributed by atoms with Crippen molar-refractivity contribution < 1.29 is 14.6 Å². The highest BCUT2D eigenvalue weighted by Gasteiger charge is 2.18. The van der Waals surface area contributed by atoms with E-state index >= 15 is 0 Å². The molecule has 4 rings (SSSR count). The molecule has 14 heteroatoms. The maximum atomic E-state index is 12.5. The van der Waals surface area contributed by atoms with Crippen molar-refractivity contribution in [3.05, 3.63) is 91.9 Å². The molecule has 2 aromatic heterocycles. The van der Waals surface area contributed by atoms with Crippen LogP contribution in [-0.2, 0) is 0 Å². The van der Waals surface area contributed by atoms with Crippen molar-refractivity contribution in [2.45, 2.75) is 6.92 Å². The number of hydrogen-bond acceptors (Lipinski definition) is 9. The van der Waals surface area contributed by atoms with Gasteiger partial charge < -0.3 is 0 Å².